The molecule has 0 aromatic rings. The quantitative estimate of drug-likeness (QED) is 0.473. The number of hydrogen-bond donors (Lipinski definition) is 1. The number of ether oxygens (including phenoxy) is 2. The lowest BCUT2D eigenvalue weighted by Gasteiger charge is -2.33. The van der Waals surface area contributed by atoms with E-state index in [1.165, 1.54) is 7.11 Å². The summed E-state index contributed by atoms with van der Waals surface area (Å²) in [6.07, 6.45) is 4.93. The maximum Gasteiger partial charge on any atom is 0.410 e. The molecule has 3 rings (SSSR count). The van der Waals surface area contributed by atoms with Crippen LogP contribution in [0.3, 0.4) is 0 Å². The number of alkyl carbamates (subject to hydrolysis) is 1. The van der Waals surface area contributed by atoms with Gasteiger partial charge in [0.15, 0.2) is 0 Å². The molecular formula is C17H27IN4O5. The Hall–Kier alpha value is -1.30. The number of carbonyl (C=O) groups excluding carboxylic acids is 3. The third-order valence-corrected chi connectivity index (χ3v) is 6.43. The van der Waals surface area contributed by atoms with Gasteiger partial charge in [0.2, 0.25) is 5.91 Å². The Labute approximate surface area is 173 Å². The number of halogens is 1. The molecule has 2 heterocycles. The topological polar surface area (TPSA) is 91.4 Å². The minimum Gasteiger partial charge on any atom is -0.453 e. The van der Waals surface area contributed by atoms with Crippen LogP contribution in [0.5, 0.6) is 0 Å². The second-order valence-electron chi connectivity index (χ2n) is 7.34. The van der Waals surface area contributed by atoms with Crippen LogP contribution < -0.4 is 5.32 Å². The van der Waals surface area contributed by atoms with Crippen molar-refractivity contribution < 1.29 is 23.9 Å². The van der Waals surface area contributed by atoms with Crippen molar-refractivity contribution in [2.75, 3.05) is 33.4 Å². The number of cyclic esters (lactones) is 1. The average Bonchev–Trinajstić information content (AvgIpc) is 3.15. The molecular weight excluding hydrogens is 467 g/mol. The van der Waals surface area contributed by atoms with E-state index in [1.807, 2.05) is 4.90 Å². The summed E-state index contributed by atoms with van der Waals surface area (Å²) in [7, 11) is 1.30. The first-order valence-electron chi connectivity index (χ1n) is 9.47. The summed E-state index contributed by atoms with van der Waals surface area (Å²) in [5, 5.41) is 2.58. The summed E-state index contributed by atoms with van der Waals surface area (Å²) in [5.41, 5.74) is 0. The fraction of sp³-hybridized carbons (Fsp3) is 0.824. The zero-order chi connectivity index (χ0) is 19.4. The fourth-order valence-corrected chi connectivity index (χ4v) is 4.65. The highest BCUT2D eigenvalue weighted by Gasteiger charge is 2.38. The third kappa shape index (κ3) is 5.15. The van der Waals surface area contributed by atoms with Gasteiger partial charge in [0, 0.05) is 12.1 Å². The largest absolute Gasteiger partial charge is 0.453 e. The van der Waals surface area contributed by atoms with Gasteiger partial charge >= 0.3 is 12.2 Å². The average molecular weight is 494 g/mol. The van der Waals surface area contributed by atoms with E-state index in [2.05, 4.69) is 37.8 Å². The first-order valence-corrected chi connectivity index (χ1v) is 10.4. The van der Waals surface area contributed by atoms with Gasteiger partial charge in [-0.15, -0.1) is 0 Å². The Bertz CT molecular complexity index is 578. The molecule has 10 heteroatoms. The number of nitrogens with zero attached hydrogens (tertiary/aromatic N) is 3. The number of hydrogen-bond acceptors (Lipinski definition) is 6. The normalized spacial score (nSPS) is 30.1. The molecule has 0 spiro atoms. The Morgan fingerprint density at radius 3 is 2.59 bits per heavy atom. The van der Waals surface area contributed by atoms with E-state index in [0.29, 0.717) is 25.8 Å². The molecule has 27 heavy (non-hydrogen) atoms. The van der Waals surface area contributed by atoms with E-state index < -0.39 is 6.09 Å². The van der Waals surface area contributed by atoms with Crippen molar-refractivity contribution in [1.29, 1.82) is 0 Å². The van der Waals surface area contributed by atoms with Gasteiger partial charge in [-0.2, -0.15) is 0 Å². The van der Waals surface area contributed by atoms with Crippen molar-refractivity contribution in [1.82, 2.24) is 18.2 Å². The van der Waals surface area contributed by atoms with Crippen LogP contribution in [-0.2, 0) is 14.3 Å². The number of amides is 3. The summed E-state index contributed by atoms with van der Waals surface area (Å²) in [6.45, 7) is 1.92. The molecule has 1 aliphatic carbocycles. The van der Waals surface area contributed by atoms with Gasteiger partial charge < -0.3 is 19.7 Å². The van der Waals surface area contributed by atoms with Crippen molar-refractivity contribution in [3.05, 3.63) is 0 Å². The van der Waals surface area contributed by atoms with Gasteiger partial charge in [-0.3, -0.25) is 12.8 Å². The minimum absolute atomic E-state index is 0.150. The first-order chi connectivity index (χ1) is 13.0. The van der Waals surface area contributed by atoms with Crippen LogP contribution in [0.2, 0.25) is 0 Å². The molecule has 3 aliphatic rings. The predicted octanol–water partition coefficient (Wildman–Crippen LogP) is 1.71. The molecule has 1 N–H and O–H groups in total. The summed E-state index contributed by atoms with van der Waals surface area (Å²) in [4.78, 5) is 39.4. The highest BCUT2D eigenvalue weighted by molar-refractivity contribution is 14.1. The Morgan fingerprint density at radius 2 is 1.93 bits per heavy atom. The smallest absolute Gasteiger partial charge is 0.410 e. The van der Waals surface area contributed by atoms with E-state index >= 15 is 0 Å². The molecule has 3 amide bonds. The second kappa shape index (κ2) is 9.26. The van der Waals surface area contributed by atoms with Gasteiger partial charge in [0.25, 0.3) is 0 Å². The minimum atomic E-state index is -0.525. The first kappa shape index (κ1) is 20.4. The molecule has 152 valence electrons. The predicted molar refractivity (Wildman–Crippen MR) is 105 cm³/mol. The lowest BCUT2D eigenvalue weighted by molar-refractivity contribution is -0.121. The Kier molecular flexibility index (Phi) is 7.01. The molecule has 3 atom stereocenters. The lowest BCUT2D eigenvalue weighted by atomic mass is 9.92. The highest BCUT2D eigenvalue weighted by atomic mass is 127. The number of methoxy groups -OCH3 is 1. The van der Waals surface area contributed by atoms with Crippen LogP contribution in [-0.4, -0.2) is 82.6 Å². The maximum absolute atomic E-state index is 12.3. The van der Waals surface area contributed by atoms with Gasteiger partial charge in [-0.25, -0.2) is 9.59 Å². The number of rotatable bonds is 4. The van der Waals surface area contributed by atoms with E-state index in [-0.39, 0.29) is 30.7 Å². The van der Waals surface area contributed by atoms with Crippen molar-refractivity contribution in [3.8, 4) is 0 Å². The molecule has 0 aromatic heterocycles. The standard InChI is InChI=1S/C17H27IN4O5/c1-26-16(24)19-8-14-9-21(17(25)27-14)13-5-3-2-4-12(6-7-13)20-10-15(23)22(18)11-20/h12-14H,2-11H2,1H3,(H,19,24)/t12?,13?,14-/m0/s1. The van der Waals surface area contributed by atoms with E-state index in [1.54, 1.807) is 3.11 Å². The second-order valence-corrected chi connectivity index (χ2v) is 8.51. The van der Waals surface area contributed by atoms with Gasteiger partial charge in [0.05, 0.1) is 56.3 Å². The summed E-state index contributed by atoms with van der Waals surface area (Å²) in [5.74, 6) is 0.165. The molecule has 2 saturated heterocycles. The number of nitrogens with one attached hydrogen (secondary N) is 1. The van der Waals surface area contributed by atoms with Crippen molar-refractivity contribution in [2.24, 2.45) is 0 Å². The molecule has 1 saturated carbocycles. The van der Waals surface area contributed by atoms with Crippen LogP contribution in [0.25, 0.3) is 0 Å². The summed E-state index contributed by atoms with van der Waals surface area (Å²) < 4.78 is 11.7. The van der Waals surface area contributed by atoms with Gasteiger partial charge in [-0.1, -0.05) is 12.8 Å². The lowest BCUT2D eigenvalue weighted by Crippen LogP contribution is -2.41. The molecule has 0 aromatic carbocycles. The van der Waals surface area contributed by atoms with Gasteiger partial charge in [0.1, 0.15) is 6.10 Å². The molecule has 2 unspecified atom stereocenters. The monoisotopic (exact) mass is 494 g/mol. The van der Waals surface area contributed by atoms with Crippen LogP contribution in [0.4, 0.5) is 9.59 Å². The maximum atomic E-state index is 12.3. The highest BCUT2D eigenvalue weighted by Crippen LogP contribution is 2.29. The van der Waals surface area contributed by atoms with Crippen molar-refractivity contribution >= 4 is 41.0 Å². The van der Waals surface area contributed by atoms with Crippen LogP contribution in [0.1, 0.15) is 38.5 Å². The zero-order valence-electron chi connectivity index (χ0n) is 15.6. The molecule has 3 fully saturated rings. The van der Waals surface area contributed by atoms with Crippen molar-refractivity contribution in [3.63, 3.8) is 0 Å². The van der Waals surface area contributed by atoms with E-state index in [0.717, 1.165) is 38.5 Å². The van der Waals surface area contributed by atoms with Crippen LogP contribution >= 0.6 is 22.9 Å². The Morgan fingerprint density at radius 1 is 1.22 bits per heavy atom. The number of carbonyl (C=O) groups is 3. The van der Waals surface area contributed by atoms with E-state index in [9.17, 15) is 14.4 Å². The van der Waals surface area contributed by atoms with Crippen LogP contribution in [0, 0.1) is 0 Å². The Balaban J connectivity index is 1.53. The zero-order valence-corrected chi connectivity index (χ0v) is 17.7. The fourth-order valence-electron chi connectivity index (χ4n) is 4.11. The van der Waals surface area contributed by atoms with Crippen molar-refractivity contribution in [2.45, 2.75) is 56.7 Å². The van der Waals surface area contributed by atoms with Crippen LogP contribution in [0.15, 0.2) is 0 Å². The molecule has 9 nitrogen and oxygen atoms in total. The summed E-state index contributed by atoms with van der Waals surface area (Å²) in [6, 6.07) is 0.532. The SMILES string of the molecule is COC(=O)NC[C@H]1CN(C2CCCCC(N3CC(=O)N(I)C3)CC2)C(=O)O1. The summed E-state index contributed by atoms with van der Waals surface area (Å²) >= 11 is 2.08. The third-order valence-electron chi connectivity index (χ3n) is 5.59. The molecule has 0 radical (unpaired) electrons. The van der Waals surface area contributed by atoms with Gasteiger partial charge in [-0.05, 0) is 25.7 Å². The molecule has 0 bridgehead atoms. The molecule has 2 aliphatic heterocycles. The van der Waals surface area contributed by atoms with E-state index in [4.69, 9.17) is 4.74 Å².